The molecular weight excluding hydrogens is 226 g/mol. The lowest BCUT2D eigenvalue weighted by Gasteiger charge is -2.27. The minimum atomic E-state index is -2.41. The number of hydrogen-bond donors (Lipinski definition) is 1. The Labute approximate surface area is 98.3 Å². The smallest absolute Gasteiger partial charge is 0.374 e. The molecule has 0 aromatic heterocycles. The van der Waals surface area contributed by atoms with E-state index in [1.54, 1.807) is 6.08 Å². The van der Waals surface area contributed by atoms with Crippen molar-refractivity contribution in [3.8, 4) is 0 Å². The number of hydrogen-bond acceptors (Lipinski definition) is 5. The quantitative estimate of drug-likeness (QED) is 0.309. The highest BCUT2D eigenvalue weighted by Gasteiger charge is 2.38. The van der Waals surface area contributed by atoms with E-state index in [4.69, 9.17) is 23.5 Å². The van der Waals surface area contributed by atoms with E-state index in [0.717, 1.165) is 6.08 Å². The molecule has 0 aliphatic heterocycles. The van der Waals surface area contributed by atoms with Gasteiger partial charge in [-0.3, -0.25) is 0 Å². The summed E-state index contributed by atoms with van der Waals surface area (Å²) < 4.78 is 16.7. The highest BCUT2D eigenvalue weighted by Crippen LogP contribution is 2.15. The molecule has 0 saturated carbocycles. The number of isocyanates is 1. The van der Waals surface area contributed by atoms with Crippen LogP contribution in [-0.4, -0.2) is 34.7 Å². The Morgan fingerprint density at radius 3 is 1.69 bits per heavy atom. The summed E-state index contributed by atoms with van der Waals surface area (Å²) in [6.45, 7) is 11.4. The first-order valence-electron chi connectivity index (χ1n) is 5.22. The molecule has 0 bridgehead atoms. The van der Waals surface area contributed by atoms with Crippen LogP contribution < -0.4 is 0 Å². The monoisotopic (exact) mass is 247 g/mol. The normalized spacial score (nSPS) is 9.94. The summed E-state index contributed by atoms with van der Waals surface area (Å²) in [5.41, 5.74) is 0. The predicted octanol–water partition coefficient (Wildman–Crippen LogP) is 2.12. The lowest BCUT2D eigenvalue weighted by atomic mass is 10.8. The van der Waals surface area contributed by atoms with Gasteiger partial charge in [-0.15, -0.1) is 6.58 Å². The Balaban J connectivity index is 0. The van der Waals surface area contributed by atoms with Gasteiger partial charge in [-0.2, -0.15) is 0 Å². The standard InChI is InChI=1S/C9H20O3Si.CHNO/c1-5-9-13(10-6-2,11-7-3)12-8-4;2-1-3/h5H,1,6-9H2,2-4H3;2H. The predicted molar refractivity (Wildman–Crippen MR) is 64.0 cm³/mol. The van der Waals surface area contributed by atoms with E-state index >= 15 is 0 Å². The molecule has 5 nitrogen and oxygen atoms in total. The maximum absolute atomic E-state index is 8.35. The Bertz CT molecular complexity index is 188. The van der Waals surface area contributed by atoms with Crippen molar-refractivity contribution in [3.05, 3.63) is 12.7 Å². The van der Waals surface area contributed by atoms with Crippen LogP contribution in [0.15, 0.2) is 12.7 Å². The number of allylic oxidation sites excluding steroid dienone is 1. The maximum Gasteiger partial charge on any atom is 0.504 e. The zero-order chi connectivity index (χ0) is 12.9. The van der Waals surface area contributed by atoms with E-state index in [-0.39, 0.29) is 0 Å². The van der Waals surface area contributed by atoms with Crippen LogP contribution in [0.4, 0.5) is 0 Å². The van der Waals surface area contributed by atoms with Gasteiger partial charge in [0.1, 0.15) is 0 Å². The summed E-state index contributed by atoms with van der Waals surface area (Å²) in [6, 6.07) is 0.683. The molecule has 0 saturated heterocycles. The zero-order valence-electron chi connectivity index (χ0n) is 10.2. The Morgan fingerprint density at radius 2 is 1.50 bits per heavy atom. The molecule has 0 atom stereocenters. The molecule has 0 aromatic carbocycles. The molecule has 16 heavy (non-hydrogen) atoms. The first-order valence-corrected chi connectivity index (χ1v) is 7.16. The molecule has 0 heterocycles. The van der Waals surface area contributed by atoms with Crippen molar-refractivity contribution in [1.29, 1.82) is 5.41 Å². The highest BCUT2D eigenvalue weighted by molar-refractivity contribution is 6.61. The van der Waals surface area contributed by atoms with Crippen LogP contribution in [0.25, 0.3) is 0 Å². The summed E-state index contributed by atoms with van der Waals surface area (Å²) in [4.78, 5) is 8.35. The Kier molecular flexibility index (Phi) is 13.5. The number of carbonyl (C=O) groups excluding carboxylic acids is 1. The third kappa shape index (κ3) is 8.52. The van der Waals surface area contributed by atoms with Gasteiger partial charge in [0.15, 0.2) is 0 Å². The van der Waals surface area contributed by atoms with Crippen molar-refractivity contribution in [2.45, 2.75) is 26.8 Å². The second kappa shape index (κ2) is 12.3. The maximum atomic E-state index is 8.35. The van der Waals surface area contributed by atoms with Gasteiger partial charge >= 0.3 is 8.80 Å². The Hall–Kier alpha value is -0.783. The topological polar surface area (TPSA) is 68.6 Å². The van der Waals surface area contributed by atoms with E-state index in [0.29, 0.717) is 25.9 Å². The number of rotatable bonds is 8. The summed E-state index contributed by atoms with van der Waals surface area (Å²) in [5, 5.41) is 5.40. The summed E-state index contributed by atoms with van der Waals surface area (Å²) in [6.07, 6.45) is 2.55. The fourth-order valence-electron chi connectivity index (χ4n) is 1.14. The second-order valence-electron chi connectivity index (χ2n) is 2.58. The van der Waals surface area contributed by atoms with Gasteiger partial charge < -0.3 is 13.3 Å². The lowest BCUT2D eigenvalue weighted by molar-refractivity contribution is 0.0743. The van der Waals surface area contributed by atoms with Crippen LogP contribution in [0.2, 0.25) is 6.04 Å². The zero-order valence-corrected chi connectivity index (χ0v) is 11.2. The third-order valence-electron chi connectivity index (χ3n) is 1.49. The molecule has 0 fully saturated rings. The molecule has 6 heteroatoms. The van der Waals surface area contributed by atoms with Crippen LogP contribution in [0.3, 0.4) is 0 Å². The molecule has 0 aliphatic rings. The van der Waals surface area contributed by atoms with Gasteiger partial charge in [-0.25, -0.2) is 10.2 Å². The molecule has 0 rings (SSSR count). The van der Waals surface area contributed by atoms with Crippen LogP contribution in [0, 0.1) is 5.41 Å². The van der Waals surface area contributed by atoms with Gasteiger partial charge in [-0.1, -0.05) is 6.08 Å². The fraction of sp³-hybridized carbons (Fsp3) is 0.700. The van der Waals surface area contributed by atoms with Crippen LogP contribution in [0.5, 0.6) is 0 Å². The molecule has 0 spiro atoms. The van der Waals surface area contributed by atoms with Crippen molar-refractivity contribution in [2.24, 2.45) is 0 Å². The first kappa shape index (κ1) is 17.6. The van der Waals surface area contributed by atoms with E-state index < -0.39 is 8.80 Å². The number of nitrogens with one attached hydrogen (secondary N) is 1. The lowest BCUT2D eigenvalue weighted by Crippen LogP contribution is -2.45. The van der Waals surface area contributed by atoms with Crippen molar-refractivity contribution < 1.29 is 18.1 Å². The van der Waals surface area contributed by atoms with Gasteiger partial charge in [0.25, 0.3) is 0 Å². The van der Waals surface area contributed by atoms with Gasteiger partial charge in [-0.05, 0) is 20.8 Å². The first-order chi connectivity index (χ1) is 7.66. The molecule has 94 valence electrons. The molecule has 1 N–H and O–H groups in total. The largest absolute Gasteiger partial charge is 0.504 e. The van der Waals surface area contributed by atoms with Gasteiger partial charge in [0, 0.05) is 25.9 Å². The van der Waals surface area contributed by atoms with Crippen LogP contribution in [-0.2, 0) is 18.1 Å². The van der Waals surface area contributed by atoms with E-state index in [1.165, 1.54) is 0 Å². The average molecular weight is 247 g/mol. The molecule has 0 unspecified atom stereocenters. The fourth-order valence-corrected chi connectivity index (χ4v) is 3.41. The van der Waals surface area contributed by atoms with Crippen molar-refractivity contribution in [2.75, 3.05) is 19.8 Å². The average Bonchev–Trinajstić information content (AvgIpc) is 2.20. The van der Waals surface area contributed by atoms with Crippen molar-refractivity contribution in [3.63, 3.8) is 0 Å². The van der Waals surface area contributed by atoms with Crippen molar-refractivity contribution in [1.82, 2.24) is 0 Å². The van der Waals surface area contributed by atoms with E-state index in [1.807, 2.05) is 20.8 Å². The molecule has 0 aliphatic carbocycles. The SMILES string of the molecule is C=CC[Si](OCC)(OCC)OCC.N=C=O. The third-order valence-corrected chi connectivity index (χ3v) is 4.46. The summed E-state index contributed by atoms with van der Waals surface area (Å²) in [7, 11) is -2.41. The minimum absolute atomic E-state index is 0.625. The van der Waals surface area contributed by atoms with Gasteiger partial charge in [0.05, 0.1) is 0 Å². The Morgan fingerprint density at radius 1 is 1.19 bits per heavy atom. The molecular formula is C10H21NO4Si. The minimum Gasteiger partial charge on any atom is -0.374 e. The molecule has 0 radical (unpaired) electrons. The van der Waals surface area contributed by atoms with Crippen molar-refractivity contribution >= 4 is 14.9 Å². The second-order valence-corrected chi connectivity index (χ2v) is 5.22. The van der Waals surface area contributed by atoms with Crippen LogP contribution in [0.1, 0.15) is 20.8 Å². The van der Waals surface area contributed by atoms with Gasteiger partial charge in [0.2, 0.25) is 6.08 Å². The summed E-state index contributed by atoms with van der Waals surface area (Å²) in [5.74, 6) is 0. The molecule has 0 aromatic rings. The summed E-state index contributed by atoms with van der Waals surface area (Å²) >= 11 is 0. The van der Waals surface area contributed by atoms with E-state index in [2.05, 4.69) is 6.58 Å². The van der Waals surface area contributed by atoms with E-state index in [9.17, 15) is 0 Å². The highest BCUT2D eigenvalue weighted by atomic mass is 28.4. The van der Waals surface area contributed by atoms with Crippen LogP contribution >= 0.6 is 0 Å². The molecule has 0 amide bonds.